The van der Waals surface area contributed by atoms with Crippen molar-refractivity contribution in [1.82, 2.24) is 15.1 Å². The minimum Gasteiger partial charge on any atom is -0.435 e. The fourth-order valence-electron chi connectivity index (χ4n) is 8.26. The number of alkyl halides is 3. The molecule has 1 amide bonds. The number of benzene rings is 1. The Balaban J connectivity index is 1.13. The Morgan fingerprint density at radius 2 is 1.64 bits per heavy atom. The van der Waals surface area contributed by atoms with E-state index in [1.54, 1.807) is 24.5 Å². The molecule has 234 valence electrons. The predicted octanol–water partition coefficient (Wildman–Crippen LogP) is 7.94. The Morgan fingerprint density at radius 1 is 0.977 bits per heavy atom. The van der Waals surface area contributed by atoms with Crippen LogP contribution in [0, 0.1) is 10.8 Å². The van der Waals surface area contributed by atoms with Gasteiger partial charge >= 0.3 is 6.61 Å². The van der Waals surface area contributed by atoms with Crippen LogP contribution in [-0.4, -0.2) is 39.9 Å². The Labute approximate surface area is 255 Å². The van der Waals surface area contributed by atoms with Gasteiger partial charge in [-0.15, -0.1) is 0 Å². The van der Waals surface area contributed by atoms with Crippen molar-refractivity contribution in [3.63, 3.8) is 0 Å². The number of pyridine rings is 1. The molecular weight excluding hydrogens is 569 g/mol. The van der Waals surface area contributed by atoms with Gasteiger partial charge in [0.05, 0.1) is 11.9 Å². The quantitative estimate of drug-likeness (QED) is 0.245. The van der Waals surface area contributed by atoms with Gasteiger partial charge < -0.3 is 14.2 Å². The average molecular weight is 609 g/mol. The van der Waals surface area contributed by atoms with Gasteiger partial charge in [-0.2, -0.15) is 13.8 Å². The molecule has 10 heteroatoms. The summed E-state index contributed by atoms with van der Waals surface area (Å²) in [5.74, 6) is 1.56. The molecule has 1 aromatic carbocycles. The van der Waals surface area contributed by atoms with E-state index < -0.39 is 12.3 Å². The van der Waals surface area contributed by atoms with Crippen LogP contribution in [0.3, 0.4) is 0 Å². The lowest BCUT2D eigenvalue weighted by atomic mass is 9.41. The Morgan fingerprint density at radius 3 is 2.20 bits per heavy atom. The van der Waals surface area contributed by atoms with Crippen LogP contribution in [0.5, 0.6) is 5.75 Å². The molecule has 0 aliphatic heterocycles. The summed E-state index contributed by atoms with van der Waals surface area (Å²) in [5.41, 5.74) is 0.627. The van der Waals surface area contributed by atoms with Gasteiger partial charge in [-0.25, -0.2) is 4.39 Å². The van der Waals surface area contributed by atoms with Crippen LogP contribution in [0.25, 0.3) is 11.1 Å². The van der Waals surface area contributed by atoms with E-state index in [4.69, 9.17) is 9.51 Å². The molecule has 0 atom stereocenters. The highest BCUT2D eigenvalue weighted by Gasteiger charge is 2.69. The van der Waals surface area contributed by atoms with Crippen LogP contribution in [0.4, 0.5) is 18.9 Å². The van der Waals surface area contributed by atoms with Crippen LogP contribution in [-0.2, 0) is 15.6 Å². The van der Waals surface area contributed by atoms with Crippen molar-refractivity contribution in [2.24, 2.45) is 10.8 Å². The van der Waals surface area contributed by atoms with Gasteiger partial charge in [0, 0.05) is 35.6 Å². The fourth-order valence-corrected chi connectivity index (χ4v) is 8.26. The third kappa shape index (κ3) is 5.17. The van der Waals surface area contributed by atoms with Crippen molar-refractivity contribution < 1.29 is 27.2 Å². The SMILES string of the molecule is CC(C)(C)c1nc(C23CCC(CN(C(=O)CC45CC(F)(C4)C5)c4cncc(-c5ccc(OC(F)F)cc5)c4)(CC2)CC3)no1. The van der Waals surface area contributed by atoms with Crippen molar-refractivity contribution in [2.75, 3.05) is 11.4 Å². The zero-order valence-corrected chi connectivity index (χ0v) is 25.5. The summed E-state index contributed by atoms with van der Waals surface area (Å²) in [6.07, 6.45) is 10.9. The number of aromatic nitrogens is 3. The smallest absolute Gasteiger partial charge is 0.387 e. The second kappa shape index (κ2) is 10.0. The molecule has 4 bridgehead atoms. The van der Waals surface area contributed by atoms with E-state index >= 15 is 0 Å². The Hall–Kier alpha value is -3.43. The highest BCUT2D eigenvalue weighted by molar-refractivity contribution is 5.94. The summed E-state index contributed by atoms with van der Waals surface area (Å²) in [7, 11) is 0. The van der Waals surface area contributed by atoms with Crippen LogP contribution in [0.2, 0.25) is 0 Å². The van der Waals surface area contributed by atoms with E-state index in [1.165, 1.54) is 12.1 Å². The maximum absolute atomic E-state index is 14.4. The molecule has 0 N–H and O–H groups in total. The molecule has 6 aliphatic rings. The molecule has 0 radical (unpaired) electrons. The fraction of sp³-hybridized carbons (Fsp3) is 0.588. The molecule has 0 unspecified atom stereocenters. The second-order valence-electron chi connectivity index (χ2n) is 15.1. The minimum absolute atomic E-state index is 0.0103. The molecule has 0 spiro atoms. The number of carbonyl (C=O) groups excluding carboxylic acids is 1. The molecule has 44 heavy (non-hydrogen) atoms. The minimum atomic E-state index is -2.89. The maximum atomic E-state index is 14.4. The van der Waals surface area contributed by atoms with Crippen LogP contribution < -0.4 is 9.64 Å². The molecule has 6 aliphatic carbocycles. The third-order valence-electron chi connectivity index (χ3n) is 10.8. The molecule has 3 aromatic rings. The Kier molecular flexibility index (Phi) is 6.68. The highest BCUT2D eigenvalue weighted by Crippen LogP contribution is 2.71. The lowest BCUT2D eigenvalue weighted by Gasteiger charge is -2.66. The summed E-state index contributed by atoms with van der Waals surface area (Å²) in [6.45, 7) is 3.89. The lowest BCUT2D eigenvalue weighted by Crippen LogP contribution is -2.65. The monoisotopic (exact) mass is 608 g/mol. The average Bonchev–Trinajstić information content (AvgIpc) is 3.48. The highest BCUT2D eigenvalue weighted by atomic mass is 19.3. The Bertz CT molecular complexity index is 1520. The zero-order valence-electron chi connectivity index (χ0n) is 25.5. The summed E-state index contributed by atoms with van der Waals surface area (Å²) < 4.78 is 49.8. The van der Waals surface area contributed by atoms with Gasteiger partial charge in [0.25, 0.3) is 0 Å². The van der Waals surface area contributed by atoms with E-state index in [2.05, 4.69) is 35.6 Å². The number of carbonyl (C=O) groups is 1. The number of fused-ring (bicyclic) bond motifs is 3. The molecule has 2 aromatic heterocycles. The van der Waals surface area contributed by atoms with E-state index in [1.807, 2.05) is 11.0 Å². The van der Waals surface area contributed by atoms with Crippen molar-refractivity contribution in [2.45, 2.75) is 108 Å². The molecule has 7 nitrogen and oxygen atoms in total. The first-order valence-electron chi connectivity index (χ1n) is 15.6. The number of amides is 1. The largest absolute Gasteiger partial charge is 0.435 e. The number of hydrogen-bond donors (Lipinski definition) is 0. The molecule has 0 saturated heterocycles. The number of ether oxygens (including phenoxy) is 1. The summed E-state index contributed by atoms with van der Waals surface area (Å²) in [5, 5.41) is 4.42. The van der Waals surface area contributed by atoms with Gasteiger partial charge in [-0.05, 0) is 92.4 Å². The summed E-state index contributed by atoms with van der Waals surface area (Å²) >= 11 is 0. The van der Waals surface area contributed by atoms with Crippen molar-refractivity contribution in [3.8, 4) is 16.9 Å². The van der Waals surface area contributed by atoms with Crippen molar-refractivity contribution in [1.29, 1.82) is 0 Å². The number of halogens is 3. The number of nitrogens with zero attached hydrogens (tertiary/aromatic N) is 4. The van der Waals surface area contributed by atoms with Gasteiger partial charge in [0.15, 0.2) is 5.82 Å². The molecular formula is C34H39F3N4O3. The normalized spacial score (nSPS) is 30.5. The number of anilines is 1. The lowest BCUT2D eigenvalue weighted by molar-refractivity contribution is -0.215. The van der Waals surface area contributed by atoms with Gasteiger partial charge in [0.1, 0.15) is 11.4 Å². The number of hydrogen-bond acceptors (Lipinski definition) is 6. The predicted molar refractivity (Wildman–Crippen MR) is 158 cm³/mol. The summed E-state index contributed by atoms with van der Waals surface area (Å²) in [6, 6.07) is 8.34. The zero-order chi connectivity index (χ0) is 31.0. The van der Waals surface area contributed by atoms with Gasteiger partial charge in [-0.3, -0.25) is 9.78 Å². The number of rotatable bonds is 9. The van der Waals surface area contributed by atoms with Crippen molar-refractivity contribution >= 4 is 11.6 Å². The molecule has 9 rings (SSSR count). The van der Waals surface area contributed by atoms with Crippen LogP contribution in [0.15, 0.2) is 47.2 Å². The standard InChI is InChI=1S/C34H39F3N4O3/c1-30(2,3)28-39-27(40-44-28)33-11-8-31(9-12-33,10-13-33)21-41(26(42)15-32-18-34(37,19-32)20-32)24-14-23(16-38-17-24)22-4-6-25(7-5-22)43-29(35)36/h4-7,14,16-17,29H,8-13,15,18-21H2,1-3H3. The van der Waals surface area contributed by atoms with Crippen LogP contribution in [0.1, 0.15) is 96.7 Å². The van der Waals surface area contributed by atoms with Crippen molar-refractivity contribution in [3.05, 3.63) is 54.4 Å². The molecule has 6 fully saturated rings. The maximum Gasteiger partial charge on any atom is 0.387 e. The van der Waals surface area contributed by atoms with E-state index in [-0.39, 0.29) is 33.3 Å². The first-order chi connectivity index (χ1) is 20.8. The van der Waals surface area contributed by atoms with E-state index in [0.717, 1.165) is 55.5 Å². The third-order valence-corrected chi connectivity index (χ3v) is 10.8. The van der Waals surface area contributed by atoms with E-state index in [0.29, 0.717) is 43.8 Å². The summed E-state index contributed by atoms with van der Waals surface area (Å²) in [4.78, 5) is 25.3. The first-order valence-corrected chi connectivity index (χ1v) is 15.6. The van der Waals surface area contributed by atoms with Gasteiger partial charge in [-0.1, -0.05) is 38.1 Å². The second-order valence-corrected chi connectivity index (χ2v) is 15.1. The first kappa shape index (κ1) is 29.3. The van der Waals surface area contributed by atoms with E-state index in [9.17, 15) is 18.0 Å². The van der Waals surface area contributed by atoms with Gasteiger partial charge in [0.2, 0.25) is 11.8 Å². The molecule has 6 saturated carbocycles. The topological polar surface area (TPSA) is 81.4 Å². The molecule has 2 heterocycles. The van der Waals surface area contributed by atoms with Crippen LogP contribution >= 0.6 is 0 Å².